The van der Waals surface area contributed by atoms with E-state index in [1.807, 2.05) is 7.05 Å². The highest BCUT2D eigenvalue weighted by atomic mass is 32.1. The first-order valence-corrected chi connectivity index (χ1v) is 8.36. The molecule has 6 heteroatoms. The van der Waals surface area contributed by atoms with Crippen molar-refractivity contribution in [1.29, 1.82) is 0 Å². The monoisotopic (exact) mass is 306 g/mol. The molecule has 2 unspecified atom stereocenters. The molecule has 2 atom stereocenters. The highest BCUT2D eigenvalue weighted by Gasteiger charge is 2.24. The molecule has 2 aromatic heterocycles. The molecule has 2 aromatic rings. The van der Waals surface area contributed by atoms with Gasteiger partial charge < -0.3 is 15.4 Å². The van der Waals surface area contributed by atoms with Gasteiger partial charge in [0.15, 0.2) is 0 Å². The van der Waals surface area contributed by atoms with E-state index < -0.39 is 0 Å². The first kappa shape index (κ1) is 14.5. The summed E-state index contributed by atoms with van der Waals surface area (Å²) in [5, 5.41) is 7.68. The van der Waals surface area contributed by atoms with Crippen LogP contribution in [0.15, 0.2) is 6.07 Å². The number of anilines is 2. The van der Waals surface area contributed by atoms with Gasteiger partial charge in [0.1, 0.15) is 10.6 Å². The molecule has 114 valence electrons. The zero-order valence-electron chi connectivity index (χ0n) is 12.8. The molecule has 0 spiro atoms. The zero-order valence-corrected chi connectivity index (χ0v) is 13.6. The Bertz CT molecular complexity index is 627. The number of hydrogen-bond acceptors (Lipinski definition) is 6. The Labute approximate surface area is 129 Å². The molecular formula is C15H22N4OS. The molecule has 0 bridgehead atoms. The molecule has 0 radical (unpaired) electrons. The first-order valence-electron chi connectivity index (χ1n) is 7.55. The Morgan fingerprint density at radius 2 is 2.29 bits per heavy atom. The molecule has 1 aliphatic rings. The van der Waals surface area contributed by atoms with E-state index in [1.165, 1.54) is 4.88 Å². The summed E-state index contributed by atoms with van der Waals surface area (Å²) in [6.07, 6.45) is 2.47. The maximum absolute atomic E-state index is 5.62. The lowest BCUT2D eigenvalue weighted by Gasteiger charge is -2.15. The van der Waals surface area contributed by atoms with Crippen molar-refractivity contribution in [3.8, 4) is 0 Å². The quantitative estimate of drug-likeness (QED) is 0.889. The van der Waals surface area contributed by atoms with Gasteiger partial charge in [-0.15, -0.1) is 11.3 Å². The van der Waals surface area contributed by atoms with Crippen molar-refractivity contribution in [3.63, 3.8) is 0 Å². The molecule has 0 aromatic carbocycles. The summed E-state index contributed by atoms with van der Waals surface area (Å²) in [6, 6.07) is 2.20. The van der Waals surface area contributed by atoms with E-state index >= 15 is 0 Å². The molecular weight excluding hydrogens is 284 g/mol. The van der Waals surface area contributed by atoms with E-state index in [9.17, 15) is 0 Å². The van der Waals surface area contributed by atoms with Crippen LogP contribution in [-0.4, -0.2) is 36.3 Å². The van der Waals surface area contributed by atoms with Gasteiger partial charge in [-0.25, -0.2) is 4.98 Å². The Hall–Kier alpha value is -1.40. The van der Waals surface area contributed by atoms with Crippen LogP contribution in [-0.2, 0) is 11.2 Å². The van der Waals surface area contributed by atoms with Crippen LogP contribution in [0.5, 0.6) is 0 Å². The highest BCUT2D eigenvalue weighted by Crippen LogP contribution is 2.31. The lowest BCUT2D eigenvalue weighted by Crippen LogP contribution is -2.21. The number of aryl methyl sites for hydroxylation is 1. The molecule has 5 nitrogen and oxygen atoms in total. The van der Waals surface area contributed by atoms with E-state index in [-0.39, 0.29) is 0 Å². The van der Waals surface area contributed by atoms with E-state index in [4.69, 9.17) is 4.74 Å². The standard InChI is InChI=1S/C15H22N4OS/c1-4-11-7-12-13(17-8-10-5-6-20-9(10)2)18-15(16-3)19-14(12)21-11/h7,9-10H,4-6,8H2,1-3H3,(H2,16,17,18,19). The lowest BCUT2D eigenvalue weighted by atomic mass is 10.0. The summed E-state index contributed by atoms with van der Waals surface area (Å²) < 4.78 is 5.62. The second-order valence-electron chi connectivity index (χ2n) is 5.44. The third kappa shape index (κ3) is 2.96. The van der Waals surface area contributed by atoms with Gasteiger partial charge in [0.2, 0.25) is 5.95 Å². The summed E-state index contributed by atoms with van der Waals surface area (Å²) in [6.45, 7) is 6.08. The second-order valence-corrected chi connectivity index (χ2v) is 6.55. The maximum atomic E-state index is 5.62. The van der Waals surface area contributed by atoms with Crippen molar-refractivity contribution in [2.75, 3.05) is 30.8 Å². The van der Waals surface area contributed by atoms with Crippen LogP contribution in [0, 0.1) is 5.92 Å². The average molecular weight is 306 g/mol. The molecule has 0 saturated carbocycles. The highest BCUT2D eigenvalue weighted by molar-refractivity contribution is 7.18. The van der Waals surface area contributed by atoms with Gasteiger partial charge in [0.25, 0.3) is 0 Å². The van der Waals surface area contributed by atoms with Crippen LogP contribution < -0.4 is 10.6 Å². The summed E-state index contributed by atoms with van der Waals surface area (Å²) in [5.41, 5.74) is 0. The Morgan fingerprint density at radius 1 is 1.43 bits per heavy atom. The van der Waals surface area contributed by atoms with Gasteiger partial charge in [0.05, 0.1) is 11.5 Å². The van der Waals surface area contributed by atoms with Crippen LogP contribution >= 0.6 is 11.3 Å². The fourth-order valence-corrected chi connectivity index (χ4v) is 3.63. The average Bonchev–Trinajstić information content (AvgIpc) is 3.10. The second kappa shape index (κ2) is 6.15. The van der Waals surface area contributed by atoms with Gasteiger partial charge in [-0.2, -0.15) is 4.98 Å². The number of hydrogen-bond donors (Lipinski definition) is 2. The number of thiophene rings is 1. The fourth-order valence-electron chi connectivity index (χ4n) is 2.66. The van der Waals surface area contributed by atoms with Crippen LogP contribution in [0.3, 0.4) is 0 Å². The molecule has 0 aliphatic carbocycles. The fraction of sp³-hybridized carbons (Fsp3) is 0.600. The van der Waals surface area contributed by atoms with Crippen LogP contribution in [0.4, 0.5) is 11.8 Å². The van der Waals surface area contributed by atoms with E-state index in [2.05, 4.69) is 40.5 Å². The van der Waals surface area contributed by atoms with Crippen LogP contribution in [0.2, 0.25) is 0 Å². The van der Waals surface area contributed by atoms with Crippen molar-refractivity contribution in [1.82, 2.24) is 9.97 Å². The third-order valence-corrected chi connectivity index (χ3v) is 5.25. The summed E-state index contributed by atoms with van der Waals surface area (Å²) in [7, 11) is 1.85. The SMILES string of the molecule is CCc1cc2c(NCC3CCOC3C)nc(NC)nc2s1. The van der Waals surface area contributed by atoms with Crippen LogP contribution in [0.1, 0.15) is 25.1 Å². The Morgan fingerprint density at radius 3 is 2.95 bits per heavy atom. The van der Waals surface area contributed by atoms with Gasteiger partial charge in [-0.1, -0.05) is 6.92 Å². The van der Waals surface area contributed by atoms with E-state index in [0.717, 1.165) is 42.0 Å². The Kier molecular flexibility index (Phi) is 4.26. The number of ether oxygens (including phenoxy) is 1. The van der Waals surface area contributed by atoms with Crippen molar-refractivity contribution >= 4 is 33.3 Å². The molecule has 1 saturated heterocycles. The number of rotatable bonds is 5. The number of fused-ring (bicyclic) bond motifs is 1. The van der Waals surface area contributed by atoms with Crippen LogP contribution in [0.25, 0.3) is 10.2 Å². The minimum absolute atomic E-state index is 0.326. The lowest BCUT2D eigenvalue weighted by molar-refractivity contribution is 0.108. The van der Waals surface area contributed by atoms with Crippen molar-refractivity contribution < 1.29 is 4.74 Å². The van der Waals surface area contributed by atoms with Gasteiger partial charge in [-0.05, 0) is 25.8 Å². The minimum Gasteiger partial charge on any atom is -0.378 e. The van der Waals surface area contributed by atoms with Gasteiger partial charge in [-0.3, -0.25) is 0 Å². The number of nitrogens with one attached hydrogen (secondary N) is 2. The summed E-state index contributed by atoms with van der Waals surface area (Å²) in [4.78, 5) is 11.5. The smallest absolute Gasteiger partial charge is 0.225 e. The van der Waals surface area contributed by atoms with Gasteiger partial charge in [0, 0.05) is 31.0 Å². The largest absolute Gasteiger partial charge is 0.378 e. The Balaban J connectivity index is 1.86. The molecule has 3 heterocycles. The predicted molar refractivity (Wildman–Crippen MR) is 88.4 cm³/mol. The predicted octanol–water partition coefficient (Wildman–Crippen LogP) is 3.13. The third-order valence-electron chi connectivity index (χ3n) is 4.08. The minimum atomic E-state index is 0.326. The van der Waals surface area contributed by atoms with Crippen molar-refractivity contribution in [3.05, 3.63) is 10.9 Å². The molecule has 1 fully saturated rings. The van der Waals surface area contributed by atoms with Gasteiger partial charge >= 0.3 is 0 Å². The number of nitrogens with zero attached hydrogens (tertiary/aromatic N) is 2. The molecule has 0 amide bonds. The van der Waals surface area contributed by atoms with E-state index in [0.29, 0.717) is 18.0 Å². The molecule has 1 aliphatic heterocycles. The summed E-state index contributed by atoms with van der Waals surface area (Å²) >= 11 is 1.74. The molecule has 21 heavy (non-hydrogen) atoms. The molecule has 3 rings (SSSR count). The summed E-state index contributed by atoms with van der Waals surface area (Å²) in [5.74, 6) is 2.15. The van der Waals surface area contributed by atoms with Crippen molar-refractivity contribution in [2.24, 2.45) is 5.92 Å². The van der Waals surface area contributed by atoms with Crippen molar-refractivity contribution in [2.45, 2.75) is 32.8 Å². The topological polar surface area (TPSA) is 59.1 Å². The zero-order chi connectivity index (χ0) is 14.8. The van der Waals surface area contributed by atoms with E-state index in [1.54, 1.807) is 11.3 Å². The normalized spacial score (nSPS) is 21.9. The molecule has 2 N–H and O–H groups in total. The first-order chi connectivity index (χ1) is 10.2. The maximum Gasteiger partial charge on any atom is 0.225 e. The number of aromatic nitrogens is 2.